The molecule has 1 atom stereocenters. The summed E-state index contributed by atoms with van der Waals surface area (Å²) < 4.78 is 0. The molecule has 1 aliphatic heterocycles. The number of hydrogen-bond acceptors (Lipinski definition) is 7. The van der Waals surface area contributed by atoms with Gasteiger partial charge in [0.15, 0.2) is 5.76 Å². The Hall–Kier alpha value is -2.16. The molecule has 2 aromatic rings. The first-order valence-corrected chi connectivity index (χ1v) is 11.8. The lowest BCUT2D eigenvalue weighted by molar-refractivity contribution is -0.129. The number of rotatable bonds is 8. The number of hydrogen-bond donors (Lipinski definition) is 1. The SMILES string of the molecule is CSc1ccc(C2C(C(=O)c3sc(C)nc3C)=C(O)C(=O)N2CCCN(C)C)cc1. The molecule has 1 N–H and O–H groups in total. The highest BCUT2D eigenvalue weighted by Gasteiger charge is 2.44. The molecule has 0 saturated carbocycles. The fourth-order valence-electron chi connectivity index (χ4n) is 3.67. The molecule has 0 aliphatic carbocycles. The first-order valence-electron chi connectivity index (χ1n) is 9.76. The Morgan fingerprint density at radius 2 is 1.93 bits per heavy atom. The molecule has 1 unspecified atom stereocenters. The van der Waals surface area contributed by atoms with Crippen molar-refractivity contribution < 1.29 is 14.7 Å². The van der Waals surface area contributed by atoms with Gasteiger partial charge in [-0.2, -0.15) is 0 Å². The van der Waals surface area contributed by atoms with Crippen LogP contribution in [-0.2, 0) is 4.79 Å². The number of Topliss-reactive ketones (excluding diaryl/α,β-unsaturated/α-hetero) is 1. The van der Waals surface area contributed by atoms with Gasteiger partial charge in [0, 0.05) is 11.4 Å². The predicted molar refractivity (Wildman–Crippen MR) is 121 cm³/mol. The highest BCUT2D eigenvalue weighted by molar-refractivity contribution is 7.98. The van der Waals surface area contributed by atoms with Crippen molar-refractivity contribution in [2.24, 2.45) is 0 Å². The smallest absolute Gasteiger partial charge is 0.290 e. The van der Waals surface area contributed by atoms with Gasteiger partial charge in [0.2, 0.25) is 5.78 Å². The fraction of sp³-hybridized carbons (Fsp3) is 0.409. The van der Waals surface area contributed by atoms with Crippen molar-refractivity contribution in [2.75, 3.05) is 33.4 Å². The van der Waals surface area contributed by atoms with Crippen molar-refractivity contribution in [1.82, 2.24) is 14.8 Å². The summed E-state index contributed by atoms with van der Waals surface area (Å²) in [5, 5.41) is 11.5. The number of carbonyl (C=O) groups is 2. The minimum absolute atomic E-state index is 0.147. The van der Waals surface area contributed by atoms with Crippen LogP contribution in [0.3, 0.4) is 0 Å². The Morgan fingerprint density at radius 3 is 2.47 bits per heavy atom. The summed E-state index contributed by atoms with van der Waals surface area (Å²) in [6.45, 7) is 4.88. The van der Waals surface area contributed by atoms with Crippen LogP contribution in [0.1, 0.15) is 38.4 Å². The van der Waals surface area contributed by atoms with Crippen molar-refractivity contribution in [3.05, 3.63) is 56.7 Å². The maximum absolute atomic E-state index is 13.4. The van der Waals surface area contributed by atoms with E-state index in [0.29, 0.717) is 17.1 Å². The largest absolute Gasteiger partial charge is 0.503 e. The van der Waals surface area contributed by atoms with Crippen LogP contribution in [0, 0.1) is 13.8 Å². The molecule has 0 bridgehead atoms. The molecule has 30 heavy (non-hydrogen) atoms. The zero-order valence-electron chi connectivity index (χ0n) is 17.9. The van der Waals surface area contributed by atoms with Crippen LogP contribution >= 0.6 is 23.1 Å². The van der Waals surface area contributed by atoms with Crippen molar-refractivity contribution in [1.29, 1.82) is 0 Å². The zero-order valence-corrected chi connectivity index (χ0v) is 19.6. The summed E-state index contributed by atoms with van der Waals surface area (Å²) in [5.74, 6) is -1.26. The first-order chi connectivity index (χ1) is 14.2. The Kier molecular flexibility index (Phi) is 7.00. The number of aryl methyl sites for hydroxylation is 2. The van der Waals surface area contributed by atoms with Gasteiger partial charge in [-0.3, -0.25) is 9.59 Å². The van der Waals surface area contributed by atoms with E-state index in [1.165, 1.54) is 11.3 Å². The average molecular weight is 446 g/mol. The third-order valence-electron chi connectivity index (χ3n) is 5.09. The van der Waals surface area contributed by atoms with E-state index in [1.807, 2.05) is 56.4 Å². The third-order valence-corrected chi connectivity index (χ3v) is 6.91. The van der Waals surface area contributed by atoms with Crippen LogP contribution in [0.4, 0.5) is 0 Å². The molecule has 1 aliphatic rings. The Morgan fingerprint density at radius 1 is 1.27 bits per heavy atom. The number of amides is 1. The number of thioether (sulfide) groups is 1. The summed E-state index contributed by atoms with van der Waals surface area (Å²) >= 11 is 2.92. The van der Waals surface area contributed by atoms with E-state index >= 15 is 0 Å². The van der Waals surface area contributed by atoms with Crippen molar-refractivity contribution >= 4 is 34.8 Å². The quantitative estimate of drug-likeness (QED) is 0.489. The van der Waals surface area contributed by atoms with E-state index in [4.69, 9.17) is 0 Å². The minimum Gasteiger partial charge on any atom is -0.503 e. The van der Waals surface area contributed by atoms with Crippen molar-refractivity contribution in [3.63, 3.8) is 0 Å². The van der Waals surface area contributed by atoms with Gasteiger partial charge in [0.1, 0.15) is 0 Å². The van der Waals surface area contributed by atoms with Crippen LogP contribution in [0.5, 0.6) is 0 Å². The van der Waals surface area contributed by atoms with Gasteiger partial charge < -0.3 is 14.9 Å². The molecule has 1 aromatic carbocycles. The topological polar surface area (TPSA) is 73.7 Å². The Balaban J connectivity index is 2.03. The number of aliphatic hydroxyl groups is 1. The Labute approximate surface area is 185 Å². The standard InChI is InChI=1S/C22H27N3O3S2/c1-13-21(30-14(2)23-13)19(26)17-18(15-7-9-16(29-5)10-8-15)25(22(28)20(17)27)12-6-11-24(3)4/h7-10,18,27H,6,11-12H2,1-5H3. The molecule has 3 rings (SSSR count). The van der Waals surface area contributed by atoms with E-state index in [1.54, 1.807) is 23.6 Å². The molecule has 6 nitrogen and oxygen atoms in total. The first kappa shape index (κ1) is 22.5. The summed E-state index contributed by atoms with van der Waals surface area (Å²) in [4.78, 5) is 36.0. The number of nitrogens with zero attached hydrogens (tertiary/aromatic N) is 3. The van der Waals surface area contributed by atoms with Crippen molar-refractivity contribution in [2.45, 2.75) is 31.2 Å². The summed E-state index contributed by atoms with van der Waals surface area (Å²) in [6, 6.07) is 7.20. The normalized spacial score (nSPS) is 16.8. The molecule has 0 spiro atoms. The lowest BCUT2D eigenvalue weighted by Crippen LogP contribution is -2.33. The minimum atomic E-state index is -0.607. The highest BCUT2D eigenvalue weighted by Crippen LogP contribution is 2.40. The van der Waals surface area contributed by atoms with Crippen LogP contribution in [0.25, 0.3) is 0 Å². The molecule has 1 aromatic heterocycles. The molecule has 8 heteroatoms. The summed E-state index contributed by atoms with van der Waals surface area (Å²) in [5.41, 5.74) is 1.59. The maximum atomic E-state index is 13.4. The summed E-state index contributed by atoms with van der Waals surface area (Å²) in [7, 11) is 3.95. The number of benzene rings is 1. The molecule has 0 radical (unpaired) electrons. The van der Waals surface area contributed by atoms with Crippen LogP contribution in [0.15, 0.2) is 40.5 Å². The van der Waals surface area contributed by atoms with E-state index in [2.05, 4.69) is 4.98 Å². The monoisotopic (exact) mass is 445 g/mol. The molecule has 1 amide bonds. The van der Waals surface area contributed by atoms with Gasteiger partial charge >= 0.3 is 0 Å². The molecule has 0 fully saturated rings. The van der Waals surface area contributed by atoms with Crippen LogP contribution < -0.4 is 0 Å². The zero-order chi connectivity index (χ0) is 22.0. The maximum Gasteiger partial charge on any atom is 0.290 e. The van der Waals surface area contributed by atoms with Gasteiger partial charge in [-0.1, -0.05) is 12.1 Å². The average Bonchev–Trinajstić information content (AvgIpc) is 3.18. The second-order valence-corrected chi connectivity index (χ2v) is 9.65. The number of ketones is 1. The van der Waals surface area contributed by atoms with Crippen LogP contribution in [-0.4, -0.2) is 65.0 Å². The number of thiazole rings is 1. The fourth-order valence-corrected chi connectivity index (χ4v) is 4.95. The van der Waals surface area contributed by atoms with E-state index < -0.39 is 17.7 Å². The second-order valence-electron chi connectivity index (χ2n) is 7.57. The van der Waals surface area contributed by atoms with E-state index in [-0.39, 0.29) is 11.4 Å². The second kappa shape index (κ2) is 9.32. The van der Waals surface area contributed by atoms with Gasteiger partial charge in [-0.25, -0.2) is 4.98 Å². The molecular formula is C22H27N3O3S2. The van der Waals surface area contributed by atoms with Gasteiger partial charge in [0.05, 0.1) is 27.2 Å². The predicted octanol–water partition coefficient (Wildman–Crippen LogP) is 4.01. The number of aromatic nitrogens is 1. The molecular weight excluding hydrogens is 418 g/mol. The molecule has 2 heterocycles. The molecule has 160 valence electrons. The van der Waals surface area contributed by atoms with Crippen molar-refractivity contribution in [3.8, 4) is 0 Å². The van der Waals surface area contributed by atoms with Gasteiger partial charge in [0.25, 0.3) is 5.91 Å². The Bertz CT molecular complexity index is 980. The van der Waals surface area contributed by atoms with Gasteiger partial charge in [-0.05, 0) is 64.9 Å². The van der Waals surface area contributed by atoms with Crippen LogP contribution in [0.2, 0.25) is 0 Å². The molecule has 0 saturated heterocycles. The third kappa shape index (κ3) is 4.45. The van der Waals surface area contributed by atoms with E-state index in [0.717, 1.165) is 28.4 Å². The highest BCUT2D eigenvalue weighted by atomic mass is 32.2. The lowest BCUT2D eigenvalue weighted by Gasteiger charge is -2.27. The number of carbonyl (C=O) groups excluding carboxylic acids is 2. The number of aliphatic hydroxyl groups excluding tert-OH is 1. The lowest BCUT2D eigenvalue weighted by atomic mass is 9.95. The van der Waals surface area contributed by atoms with E-state index in [9.17, 15) is 14.7 Å². The van der Waals surface area contributed by atoms with Gasteiger partial charge in [-0.15, -0.1) is 23.1 Å². The summed E-state index contributed by atoms with van der Waals surface area (Å²) in [6.07, 6.45) is 2.74.